The average molecular weight is 260 g/mol. The topological polar surface area (TPSA) is 26.3 Å². The van der Waals surface area contributed by atoms with Crippen molar-refractivity contribution in [3.8, 4) is 5.75 Å². The summed E-state index contributed by atoms with van der Waals surface area (Å²) in [5.74, 6) is 0.815. The van der Waals surface area contributed by atoms with Crippen LogP contribution in [0.4, 0.5) is 0 Å². The quantitative estimate of drug-likeness (QED) is 0.778. The lowest BCUT2D eigenvalue weighted by Crippen LogP contribution is -2.10. The van der Waals surface area contributed by atoms with Gasteiger partial charge in [-0.2, -0.15) is 0 Å². The third kappa shape index (κ3) is 2.99. The molecule has 0 saturated carbocycles. The van der Waals surface area contributed by atoms with Crippen LogP contribution in [0.2, 0.25) is 0 Å². The van der Waals surface area contributed by atoms with E-state index in [4.69, 9.17) is 4.74 Å². The normalized spacial score (nSPS) is 10.4. The fraction of sp³-hybridized carbons (Fsp3) is 0.267. The van der Waals surface area contributed by atoms with Gasteiger partial charge >= 0.3 is 0 Å². The number of hydrogen-bond acceptors (Lipinski definition) is 3. The molecule has 0 unspecified atom stereocenters. The summed E-state index contributed by atoms with van der Waals surface area (Å²) in [5.41, 5.74) is 2.25. The first-order chi connectivity index (χ1) is 8.56. The third-order valence-electron chi connectivity index (χ3n) is 2.70. The van der Waals surface area contributed by atoms with E-state index in [-0.39, 0.29) is 12.4 Å². The second kappa shape index (κ2) is 5.36. The molecule has 0 aliphatic heterocycles. The van der Waals surface area contributed by atoms with Crippen molar-refractivity contribution in [3.63, 3.8) is 0 Å². The predicted molar refractivity (Wildman–Crippen MR) is 74.8 cm³/mol. The summed E-state index contributed by atoms with van der Waals surface area (Å²) in [6, 6.07) is 9.76. The van der Waals surface area contributed by atoms with Crippen LogP contribution in [0.25, 0.3) is 0 Å². The summed E-state index contributed by atoms with van der Waals surface area (Å²) in [7, 11) is 0. The van der Waals surface area contributed by atoms with Crippen LogP contribution in [0.5, 0.6) is 5.75 Å². The van der Waals surface area contributed by atoms with Crippen LogP contribution in [-0.4, -0.2) is 12.4 Å². The predicted octanol–water partition coefficient (Wildman–Crippen LogP) is 3.94. The SMILES string of the molecule is Cc1ccc(OCC(=O)c2ccc(C)s2)c(C)c1. The Balaban J connectivity index is 2.01. The maximum absolute atomic E-state index is 11.9. The Kier molecular flexibility index (Phi) is 3.82. The Morgan fingerprint density at radius 3 is 2.56 bits per heavy atom. The summed E-state index contributed by atoms with van der Waals surface area (Å²) < 4.78 is 5.57. The number of thiophene rings is 1. The van der Waals surface area contributed by atoms with Crippen LogP contribution >= 0.6 is 11.3 Å². The summed E-state index contributed by atoms with van der Waals surface area (Å²) in [4.78, 5) is 13.8. The highest BCUT2D eigenvalue weighted by Gasteiger charge is 2.09. The number of ketones is 1. The van der Waals surface area contributed by atoms with Crippen molar-refractivity contribution in [1.29, 1.82) is 0 Å². The van der Waals surface area contributed by atoms with Gasteiger partial charge < -0.3 is 4.74 Å². The molecule has 18 heavy (non-hydrogen) atoms. The van der Waals surface area contributed by atoms with E-state index in [1.165, 1.54) is 16.9 Å². The van der Waals surface area contributed by atoms with E-state index < -0.39 is 0 Å². The van der Waals surface area contributed by atoms with Gasteiger partial charge in [-0.3, -0.25) is 4.79 Å². The molecule has 2 nitrogen and oxygen atoms in total. The first kappa shape index (κ1) is 12.8. The molecule has 2 aromatic rings. The molecule has 0 N–H and O–H groups in total. The molecule has 1 heterocycles. The number of rotatable bonds is 4. The summed E-state index contributed by atoms with van der Waals surface area (Å²) in [6.07, 6.45) is 0. The first-order valence-corrected chi connectivity index (χ1v) is 6.67. The van der Waals surface area contributed by atoms with Gasteiger partial charge in [-0.1, -0.05) is 17.7 Å². The second-order valence-electron chi connectivity index (χ2n) is 4.39. The minimum atomic E-state index is 0.0353. The summed E-state index contributed by atoms with van der Waals surface area (Å²) in [5, 5.41) is 0. The number of carbonyl (C=O) groups excluding carboxylic acids is 1. The first-order valence-electron chi connectivity index (χ1n) is 5.86. The Bertz CT molecular complexity index is 570. The van der Waals surface area contributed by atoms with E-state index in [9.17, 15) is 4.79 Å². The van der Waals surface area contributed by atoms with E-state index in [1.54, 1.807) is 0 Å². The van der Waals surface area contributed by atoms with Crippen LogP contribution in [-0.2, 0) is 0 Å². The molecule has 0 amide bonds. The zero-order valence-electron chi connectivity index (χ0n) is 10.8. The van der Waals surface area contributed by atoms with Gasteiger partial charge in [0.05, 0.1) is 4.88 Å². The molecule has 0 saturated heterocycles. The van der Waals surface area contributed by atoms with Crippen molar-refractivity contribution in [2.75, 3.05) is 6.61 Å². The van der Waals surface area contributed by atoms with Crippen molar-refractivity contribution in [2.45, 2.75) is 20.8 Å². The second-order valence-corrected chi connectivity index (χ2v) is 5.68. The van der Waals surface area contributed by atoms with Gasteiger partial charge in [0.2, 0.25) is 5.78 Å². The van der Waals surface area contributed by atoms with Crippen molar-refractivity contribution in [1.82, 2.24) is 0 Å². The molecular weight excluding hydrogens is 244 g/mol. The highest BCUT2D eigenvalue weighted by molar-refractivity contribution is 7.14. The maximum Gasteiger partial charge on any atom is 0.210 e. The Morgan fingerprint density at radius 1 is 1.17 bits per heavy atom. The lowest BCUT2D eigenvalue weighted by atomic mass is 10.1. The molecule has 0 spiro atoms. The Labute approximate surface area is 111 Å². The average Bonchev–Trinajstić information content (AvgIpc) is 2.74. The number of hydrogen-bond donors (Lipinski definition) is 0. The minimum Gasteiger partial charge on any atom is -0.485 e. The molecule has 94 valence electrons. The maximum atomic E-state index is 11.9. The van der Waals surface area contributed by atoms with Gasteiger partial charge in [0, 0.05) is 4.88 Å². The molecule has 0 fully saturated rings. The standard InChI is InChI=1S/C15H16O2S/c1-10-4-6-14(11(2)8-10)17-9-13(16)15-7-5-12(3)18-15/h4-8H,9H2,1-3H3. The Morgan fingerprint density at radius 2 is 1.94 bits per heavy atom. The molecule has 0 aliphatic carbocycles. The van der Waals surface area contributed by atoms with Crippen LogP contribution in [0.15, 0.2) is 30.3 Å². The largest absolute Gasteiger partial charge is 0.485 e. The molecule has 0 aliphatic rings. The Hall–Kier alpha value is -1.61. The van der Waals surface area contributed by atoms with E-state index in [1.807, 2.05) is 45.0 Å². The molecule has 0 atom stereocenters. The zero-order chi connectivity index (χ0) is 13.1. The van der Waals surface area contributed by atoms with Crippen molar-refractivity contribution >= 4 is 17.1 Å². The van der Waals surface area contributed by atoms with Crippen molar-refractivity contribution in [3.05, 3.63) is 51.2 Å². The lowest BCUT2D eigenvalue weighted by molar-refractivity contribution is 0.0925. The molecule has 1 aromatic heterocycles. The molecule has 0 bridgehead atoms. The molecular formula is C15H16O2S. The van der Waals surface area contributed by atoms with Crippen LogP contribution in [0, 0.1) is 20.8 Å². The van der Waals surface area contributed by atoms with Gasteiger partial charge in [-0.25, -0.2) is 0 Å². The van der Waals surface area contributed by atoms with E-state index in [2.05, 4.69) is 6.07 Å². The zero-order valence-corrected chi connectivity index (χ0v) is 11.6. The van der Waals surface area contributed by atoms with Gasteiger partial charge in [-0.05, 0) is 44.5 Å². The van der Waals surface area contributed by atoms with Crippen molar-refractivity contribution in [2.24, 2.45) is 0 Å². The lowest BCUT2D eigenvalue weighted by Gasteiger charge is -2.08. The van der Waals surface area contributed by atoms with E-state index >= 15 is 0 Å². The van der Waals surface area contributed by atoms with Crippen LogP contribution < -0.4 is 4.74 Å². The number of ether oxygens (including phenoxy) is 1. The highest BCUT2D eigenvalue weighted by atomic mass is 32.1. The molecule has 1 aromatic carbocycles. The van der Waals surface area contributed by atoms with Crippen LogP contribution in [0.1, 0.15) is 25.7 Å². The fourth-order valence-electron chi connectivity index (χ4n) is 1.76. The summed E-state index contributed by atoms with van der Waals surface area (Å²) >= 11 is 1.51. The summed E-state index contributed by atoms with van der Waals surface area (Å²) in [6.45, 7) is 6.12. The number of carbonyl (C=O) groups is 1. The minimum absolute atomic E-state index is 0.0353. The van der Waals surface area contributed by atoms with Gasteiger partial charge in [-0.15, -0.1) is 11.3 Å². The number of aryl methyl sites for hydroxylation is 3. The number of Topliss-reactive ketones (excluding diaryl/α,β-unsaturated/α-hetero) is 1. The monoisotopic (exact) mass is 260 g/mol. The van der Waals surface area contributed by atoms with Crippen molar-refractivity contribution < 1.29 is 9.53 Å². The molecule has 0 radical (unpaired) electrons. The highest BCUT2D eigenvalue weighted by Crippen LogP contribution is 2.20. The van der Waals surface area contributed by atoms with Gasteiger partial charge in [0.15, 0.2) is 6.61 Å². The molecule has 2 rings (SSSR count). The fourth-order valence-corrected chi connectivity index (χ4v) is 2.55. The van der Waals surface area contributed by atoms with Gasteiger partial charge in [0.1, 0.15) is 5.75 Å². The van der Waals surface area contributed by atoms with Crippen LogP contribution in [0.3, 0.4) is 0 Å². The van der Waals surface area contributed by atoms with E-state index in [0.29, 0.717) is 0 Å². The number of benzene rings is 1. The van der Waals surface area contributed by atoms with Gasteiger partial charge in [0.25, 0.3) is 0 Å². The molecule has 3 heteroatoms. The van der Waals surface area contributed by atoms with E-state index in [0.717, 1.165) is 21.1 Å². The third-order valence-corrected chi connectivity index (χ3v) is 3.75. The smallest absolute Gasteiger partial charge is 0.210 e.